The third-order valence-electron chi connectivity index (χ3n) is 3.19. The molecular weight excluding hydrogens is 280 g/mol. The van der Waals surface area contributed by atoms with E-state index in [-0.39, 0.29) is 17.9 Å². The molecule has 1 amide bonds. The van der Waals surface area contributed by atoms with E-state index in [1.807, 2.05) is 12.2 Å². The Morgan fingerprint density at radius 2 is 2.00 bits per heavy atom. The maximum Gasteiger partial charge on any atom is 0.231 e. The van der Waals surface area contributed by atoms with Crippen molar-refractivity contribution < 1.29 is 14.3 Å². The molecule has 1 aromatic rings. The summed E-state index contributed by atoms with van der Waals surface area (Å²) < 4.78 is 10.3. The number of nitrogens with two attached hydrogens (primary N) is 1. The predicted molar refractivity (Wildman–Crippen MR) is 78.4 cm³/mol. The maximum atomic E-state index is 12.2. The molecule has 3 N–H and O–H groups in total. The van der Waals surface area contributed by atoms with Gasteiger partial charge in [0.1, 0.15) is 11.5 Å². The van der Waals surface area contributed by atoms with E-state index in [0.717, 1.165) is 0 Å². The van der Waals surface area contributed by atoms with Crippen molar-refractivity contribution in [3.63, 3.8) is 0 Å². The molecule has 0 heterocycles. The lowest BCUT2D eigenvalue weighted by Gasteiger charge is -2.15. The molecule has 2 atom stereocenters. The number of methoxy groups -OCH3 is 2. The predicted octanol–water partition coefficient (Wildman–Crippen LogP) is 2.20. The van der Waals surface area contributed by atoms with Crippen LogP contribution in [0.3, 0.4) is 0 Å². The highest BCUT2D eigenvalue weighted by atomic mass is 35.5. The van der Waals surface area contributed by atoms with Crippen LogP contribution in [0.1, 0.15) is 6.42 Å². The number of halogens is 1. The Bertz CT molecular complexity index is 545. The van der Waals surface area contributed by atoms with Crippen LogP contribution in [0.2, 0.25) is 5.02 Å². The summed E-state index contributed by atoms with van der Waals surface area (Å²) in [5.74, 6) is 0.602. The van der Waals surface area contributed by atoms with Crippen LogP contribution < -0.4 is 20.5 Å². The molecule has 0 bridgehead atoms. The molecule has 108 valence electrons. The SMILES string of the molecule is COc1cc(NC(=O)C2C=CC(N)C2)c(OC)cc1Cl. The summed E-state index contributed by atoms with van der Waals surface area (Å²) in [4.78, 5) is 12.2. The Balaban J connectivity index is 2.19. The van der Waals surface area contributed by atoms with E-state index >= 15 is 0 Å². The van der Waals surface area contributed by atoms with Crippen LogP contribution in [0, 0.1) is 5.92 Å². The molecule has 6 heteroatoms. The van der Waals surface area contributed by atoms with E-state index in [2.05, 4.69) is 5.32 Å². The van der Waals surface area contributed by atoms with E-state index in [0.29, 0.717) is 28.6 Å². The van der Waals surface area contributed by atoms with Crippen molar-refractivity contribution in [2.24, 2.45) is 11.7 Å². The van der Waals surface area contributed by atoms with Crippen LogP contribution in [0.4, 0.5) is 5.69 Å². The highest BCUT2D eigenvalue weighted by Gasteiger charge is 2.24. The van der Waals surface area contributed by atoms with Gasteiger partial charge in [0.15, 0.2) is 0 Å². The van der Waals surface area contributed by atoms with Crippen molar-refractivity contribution in [2.75, 3.05) is 19.5 Å². The molecule has 0 saturated carbocycles. The topological polar surface area (TPSA) is 73.6 Å². The Morgan fingerprint density at radius 1 is 1.30 bits per heavy atom. The maximum absolute atomic E-state index is 12.2. The van der Waals surface area contributed by atoms with Gasteiger partial charge in [0.25, 0.3) is 0 Å². The van der Waals surface area contributed by atoms with E-state index in [4.69, 9.17) is 26.8 Å². The van der Waals surface area contributed by atoms with Gasteiger partial charge in [-0.2, -0.15) is 0 Å². The van der Waals surface area contributed by atoms with Gasteiger partial charge in [-0.1, -0.05) is 23.8 Å². The van der Waals surface area contributed by atoms with Crippen molar-refractivity contribution in [3.8, 4) is 11.5 Å². The minimum atomic E-state index is -0.226. The number of anilines is 1. The quantitative estimate of drug-likeness (QED) is 0.835. The Morgan fingerprint density at radius 3 is 2.55 bits per heavy atom. The molecule has 1 aliphatic rings. The van der Waals surface area contributed by atoms with Crippen molar-refractivity contribution in [1.82, 2.24) is 0 Å². The zero-order valence-electron chi connectivity index (χ0n) is 11.4. The van der Waals surface area contributed by atoms with Gasteiger partial charge in [0.2, 0.25) is 5.91 Å². The normalized spacial score (nSPS) is 20.8. The second-order valence-corrected chi connectivity index (χ2v) is 4.97. The summed E-state index contributed by atoms with van der Waals surface area (Å²) in [6.45, 7) is 0. The Hall–Kier alpha value is -1.72. The van der Waals surface area contributed by atoms with Crippen LogP contribution in [0.5, 0.6) is 11.5 Å². The summed E-state index contributed by atoms with van der Waals surface area (Å²) >= 11 is 6.02. The smallest absolute Gasteiger partial charge is 0.231 e. The number of rotatable bonds is 4. The molecular formula is C14H17ClN2O3. The van der Waals surface area contributed by atoms with Gasteiger partial charge < -0.3 is 20.5 Å². The van der Waals surface area contributed by atoms with E-state index in [1.165, 1.54) is 14.2 Å². The summed E-state index contributed by atoms with van der Waals surface area (Å²) in [5, 5.41) is 3.24. The van der Waals surface area contributed by atoms with Gasteiger partial charge in [-0.05, 0) is 6.42 Å². The summed E-state index contributed by atoms with van der Waals surface area (Å²) in [6, 6.07) is 3.18. The fourth-order valence-corrected chi connectivity index (χ4v) is 2.34. The molecule has 5 nitrogen and oxygen atoms in total. The first-order chi connectivity index (χ1) is 9.55. The average Bonchev–Trinajstić information content (AvgIpc) is 2.87. The first-order valence-corrected chi connectivity index (χ1v) is 6.59. The van der Waals surface area contributed by atoms with Gasteiger partial charge in [-0.25, -0.2) is 0 Å². The Kier molecular flexibility index (Phi) is 4.52. The molecule has 0 saturated heterocycles. The lowest BCUT2D eigenvalue weighted by molar-refractivity contribution is -0.118. The van der Waals surface area contributed by atoms with Crippen LogP contribution in [-0.2, 0) is 4.79 Å². The average molecular weight is 297 g/mol. The van der Waals surface area contributed by atoms with Gasteiger partial charge in [-0.15, -0.1) is 0 Å². The molecule has 0 radical (unpaired) electrons. The van der Waals surface area contributed by atoms with Crippen LogP contribution in [-0.4, -0.2) is 26.2 Å². The lowest BCUT2D eigenvalue weighted by Crippen LogP contribution is -2.24. The second kappa shape index (κ2) is 6.15. The molecule has 0 aromatic heterocycles. The van der Waals surface area contributed by atoms with Gasteiger partial charge >= 0.3 is 0 Å². The Labute approximate surface area is 122 Å². The third kappa shape index (κ3) is 3.05. The number of nitrogens with one attached hydrogen (secondary N) is 1. The number of carbonyl (C=O) groups is 1. The monoisotopic (exact) mass is 296 g/mol. The summed E-state index contributed by atoms with van der Waals surface area (Å²) in [5.41, 5.74) is 6.27. The van der Waals surface area contributed by atoms with Crippen molar-refractivity contribution in [2.45, 2.75) is 12.5 Å². The zero-order valence-corrected chi connectivity index (χ0v) is 12.1. The standard InChI is InChI=1S/C14H17ClN2O3/c1-19-12-7-11(13(20-2)6-10(12)15)17-14(18)8-3-4-9(16)5-8/h3-4,6-9H,5,16H2,1-2H3,(H,17,18). The third-order valence-corrected chi connectivity index (χ3v) is 3.48. The van der Waals surface area contributed by atoms with Crippen molar-refractivity contribution in [1.29, 1.82) is 0 Å². The minimum Gasteiger partial charge on any atom is -0.495 e. The highest BCUT2D eigenvalue weighted by molar-refractivity contribution is 6.32. The fraction of sp³-hybridized carbons (Fsp3) is 0.357. The lowest BCUT2D eigenvalue weighted by atomic mass is 10.1. The number of ether oxygens (including phenoxy) is 2. The molecule has 1 aliphatic carbocycles. The largest absolute Gasteiger partial charge is 0.495 e. The first kappa shape index (κ1) is 14.7. The molecule has 0 aliphatic heterocycles. The second-order valence-electron chi connectivity index (χ2n) is 4.57. The van der Waals surface area contributed by atoms with E-state index < -0.39 is 0 Å². The van der Waals surface area contributed by atoms with Crippen LogP contribution >= 0.6 is 11.6 Å². The highest BCUT2D eigenvalue weighted by Crippen LogP contribution is 2.36. The summed E-state index contributed by atoms with van der Waals surface area (Å²) in [6.07, 6.45) is 4.27. The molecule has 2 unspecified atom stereocenters. The number of hydrogen-bond acceptors (Lipinski definition) is 4. The molecule has 1 aromatic carbocycles. The number of amides is 1. The zero-order chi connectivity index (χ0) is 14.7. The van der Waals surface area contributed by atoms with Crippen molar-refractivity contribution in [3.05, 3.63) is 29.3 Å². The minimum absolute atomic E-state index is 0.0626. The van der Waals surface area contributed by atoms with Crippen molar-refractivity contribution >= 4 is 23.2 Å². The molecule has 2 rings (SSSR count). The summed E-state index contributed by atoms with van der Waals surface area (Å²) in [7, 11) is 3.02. The molecule has 0 spiro atoms. The van der Waals surface area contributed by atoms with Gasteiger partial charge in [0, 0.05) is 18.2 Å². The van der Waals surface area contributed by atoms with Gasteiger partial charge in [0.05, 0.1) is 30.8 Å². The van der Waals surface area contributed by atoms with Crippen LogP contribution in [0.15, 0.2) is 24.3 Å². The number of hydrogen-bond donors (Lipinski definition) is 2. The molecule has 0 fully saturated rings. The fourth-order valence-electron chi connectivity index (χ4n) is 2.11. The number of benzene rings is 1. The van der Waals surface area contributed by atoms with Gasteiger partial charge in [-0.3, -0.25) is 4.79 Å². The number of carbonyl (C=O) groups excluding carboxylic acids is 1. The van der Waals surface area contributed by atoms with Crippen LogP contribution in [0.25, 0.3) is 0 Å². The molecule has 20 heavy (non-hydrogen) atoms. The van der Waals surface area contributed by atoms with E-state index in [9.17, 15) is 4.79 Å². The first-order valence-electron chi connectivity index (χ1n) is 6.21. The van der Waals surface area contributed by atoms with E-state index in [1.54, 1.807) is 12.1 Å².